The minimum Gasteiger partial charge on any atom is -0.312 e. The number of nitro groups is 1. The second-order valence-corrected chi connectivity index (χ2v) is 8.21. The van der Waals surface area contributed by atoms with E-state index in [1.165, 1.54) is 24.3 Å². The molecule has 1 fully saturated rings. The molecule has 0 aliphatic heterocycles. The fourth-order valence-corrected chi connectivity index (χ4v) is 3.68. The largest absolute Gasteiger partial charge is 0.312 e. The van der Waals surface area contributed by atoms with Gasteiger partial charge in [0.15, 0.2) is 9.84 Å². The highest BCUT2D eigenvalue weighted by molar-refractivity contribution is 7.91. The zero-order valence-corrected chi connectivity index (χ0v) is 13.0. The summed E-state index contributed by atoms with van der Waals surface area (Å²) in [7, 11) is -3.40. The van der Waals surface area contributed by atoms with Crippen molar-refractivity contribution in [2.75, 3.05) is 12.3 Å². The third-order valence-corrected chi connectivity index (χ3v) is 5.92. The molecule has 0 radical (unpaired) electrons. The van der Waals surface area contributed by atoms with Gasteiger partial charge in [0.25, 0.3) is 5.69 Å². The van der Waals surface area contributed by atoms with E-state index in [4.69, 9.17) is 0 Å². The van der Waals surface area contributed by atoms with E-state index in [1.54, 1.807) is 0 Å². The Hall–Kier alpha value is -1.47. The van der Waals surface area contributed by atoms with Crippen molar-refractivity contribution >= 4 is 15.5 Å². The van der Waals surface area contributed by atoms with Crippen LogP contribution < -0.4 is 5.32 Å². The van der Waals surface area contributed by atoms with Gasteiger partial charge < -0.3 is 5.32 Å². The van der Waals surface area contributed by atoms with E-state index >= 15 is 0 Å². The molecule has 1 atom stereocenters. The predicted molar refractivity (Wildman–Crippen MR) is 80.0 cm³/mol. The topological polar surface area (TPSA) is 89.3 Å². The summed E-state index contributed by atoms with van der Waals surface area (Å²) >= 11 is 0. The van der Waals surface area contributed by atoms with Crippen molar-refractivity contribution in [3.63, 3.8) is 0 Å². The van der Waals surface area contributed by atoms with Crippen molar-refractivity contribution in [1.29, 1.82) is 0 Å². The second kappa shape index (κ2) is 5.73. The number of benzene rings is 1. The first-order valence-corrected chi connectivity index (χ1v) is 8.58. The van der Waals surface area contributed by atoms with E-state index in [2.05, 4.69) is 19.2 Å². The molecule has 1 saturated carbocycles. The molecule has 1 unspecified atom stereocenters. The Labute approximate surface area is 124 Å². The number of sulfone groups is 1. The van der Waals surface area contributed by atoms with E-state index < -0.39 is 14.8 Å². The van der Waals surface area contributed by atoms with Crippen LogP contribution in [0.2, 0.25) is 0 Å². The molecule has 1 aliphatic carbocycles. The van der Waals surface area contributed by atoms with Crippen molar-refractivity contribution in [1.82, 2.24) is 5.32 Å². The van der Waals surface area contributed by atoms with Gasteiger partial charge in [-0.05, 0) is 30.4 Å². The lowest BCUT2D eigenvalue weighted by Gasteiger charge is -2.45. The summed E-state index contributed by atoms with van der Waals surface area (Å²) in [6.45, 7) is 4.73. The SMILES string of the molecule is CC1(C)CCC1NCCS(=O)(=O)c1ccc([N+](=O)[O-])cc1. The average molecular weight is 312 g/mol. The molecular weight excluding hydrogens is 292 g/mol. The van der Waals surface area contributed by atoms with E-state index in [1.807, 2.05) is 0 Å². The lowest BCUT2D eigenvalue weighted by Crippen LogP contribution is -2.51. The van der Waals surface area contributed by atoms with E-state index in [9.17, 15) is 18.5 Å². The smallest absolute Gasteiger partial charge is 0.269 e. The highest BCUT2D eigenvalue weighted by Gasteiger charge is 2.37. The van der Waals surface area contributed by atoms with Gasteiger partial charge in [-0.1, -0.05) is 13.8 Å². The van der Waals surface area contributed by atoms with Gasteiger partial charge in [-0.3, -0.25) is 10.1 Å². The molecule has 1 aliphatic rings. The number of hydrogen-bond acceptors (Lipinski definition) is 5. The number of non-ortho nitro benzene ring substituents is 1. The number of nitrogens with zero attached hydrogens (tertiary/aromatic N) is 1. The van der Waals surface area contributed by atoms with Crippen LogP contribution in [0.25, 0.3) is 0 Å². The Morgan fingerprint density at radius 1 is 1.33 bits per heavy atom. The quantitative estimate of drug-likeness (QED) is 0.642. The normalized spacial score (nSPS) is 20.8. The molecular formula is C14H20N2O4S. The monoisotopic (exact) mass is 312 g/mol. The maximum absolute atomic E-state index is 12.2. The lowest BCUT2D eigenvalue weighted by atomic mass is 9.67. The fourth-order valence-electron chi connectivity index (χ4n) is 2.50. The lowest BCUT2D eigenvalue weighted by molar-refractivity contribution is -0.384. The van der Waals surface area contributed by atoms with Crippen LogP contribution in [0.5, 0.6) is 0 Å². The van der Waals surface area contributed by atoms with Crippen LogP contribution in [0.15, 0.2) is 29.2 Å². The van der Waals surface area contributed by atoms with Gasteiger partial charge in [-0.2, -0.15) is 0 Å². The molecule has 0 bridgehead atoms. The molecule has 1 aromatic carbocycles. The summed E-state index contributed by atoms with van der Waals surface area (Å²) in [6, 6.07) is 5.39. The molecule has 7 heteroatoms. The van der Waals surface area contributed by atoms with Crippen molar-refractivity contribution in [2.45, 2.75) is 37.6 Å². The molecule has 6 nitrogen and oxygen atoms in total. The van der Waals surface area contributed by atoms with Crippen LogP contribution in [0.3, 0.4) is 0 Å². The van der Waals surface area contributed by atoms with Gasteiger partial charge in [0.2, 0.25) is 0 Å². The number of hydrogen-bond donors (Lipinski definition) is 1. The molecule has 116 valence electrons. The zero-order valence-electron chi connectivity index (χ0n) is 12.2. The molecule has 0 aromatic heterocycles. The summed E-state index contributed by atoms with van der Waals surface area (Å²) in [5.41, 5.74) is 0.125. The third-order valence-electron chi connectivity index (χ3n) is 4.19. The zero-order chi connectivity index (χ0) is 15.7. The summed E-state index contributed by atoms with van der Waals surface area (Å²) in [5, 5.41) is 13.8. The summed E-state index contributed by atoms with van der Waals surface area (Å²) in [6.07, 6.45) is 2.23. The molecule has 0 spiro atoms. The van der Waals surface area contributed by atoms with Gasteiger partial charge in [0.1, 0.15) is 0 Å². The van der Waals surface area contributed by atoms with E-state index in [0.29, 0.717) is 12.6 Å². The summed E-state index contributed by atoms with van der Waals surface area (Å²) in [5.74, 6) is -0.00259. The first-order chi connectivity index (χ1) is 9.72. The van der Waals surface area contributed by atoms with Gasteiger partial charge in [-0.15, -0.1) is 0 Å². The maximum atomic E-state index is 12.2. The van der Waals surface area contributed by atoms with Crippen molar-refractivity contribution in [3.05, 3.63) is 34.4 Å². The van der Waals surface area contributed by atoms with Crippen molar-refractivity contribution < 1.29 is 13.3 Å². The number of rotatable bonds is 6. The molecule has 2 rings (SSSR count). The van der Waals surface area contributed by atoms with Crippen molar-refractivity contribution in [3.8, 4) is 0 Å². The summed E-state index contributed by atoms with van der Waals surface area (Å²) in [4.78, 5) is 10.1. The molecule has 0 amide bonds. The maximum Gasteiger partial charge on any atom is 0.269 e. The molecule has 21 heavy (non-hydrogen) atoms. The Bertz CT molecular complexity index is 623. The standard InChI is InChI=1S/C14H20N2O4S/c1-14(2)8-7-13(14)15-9-10-21(19,20)12-5-3-11(4-6-12)16(17)18/h3-6,13,15H,7-10H2,1-2H3. The Morgan fingerprint density at radius 2 is 1.95 bits per heavy atom. The van der Waals surface area contributed by atoms with Crippen molar-refractivity contribution in [2.24, 2.45) is 5.41 Å². The third kappa shape index (κ3) is 3.59. The Morgan fingerprint density at radius 3 is 2.38 bits per heavy atom. The molecule has 1 aromatic rings. The first kappa shape index (κ1) is 15.9. The highest BCUT2D eigenvalue weighted by atomic mass is 32.2. The van der Waals surface area contributed by atoms with Gasteiger partial charge >= 0.3 is 0 Å². The van der Waals surface area contributed by atoms with Gasteiger partial charge in [-0.25, -0.2) is 8.42 Å². The van der Waals surface area contributed by atoms with E-state index in [0.717, 1.165) is 12.8 Å². The van der Waals surface area contributed by atoms with Crippen LogP contribution in [-0.4, -0.2) is 31.7 Å². The molecule has 0 saturated heterocycles. The van der Waals surface area contributed by atoms with E-state index in [-0.39, 0.29) is 21.8 Å². The average Bonchev–Trinajstić information content (AvgIpc) is 2.42. The Kier molecular flexibility index (Phi) is 4.34. The number of nitro benzene ring substituents is 1. The van der Waals surface area contributed by atoms with Crippen LogP contribution in [0.4, 0.5) is 5.69 Å². The molecule has 0 heterocycles. The first-order valence-electron chi connectivity index (χ1n) is 6.93. The van der Waals surface area contributed by atoms with Crippen LogP contribution in [-0.2, 0) is 9.84 Å². The van der Waals surface area contributed by atoms with Gasteiger partial charge in [0.05, 0.1) is 15.6 Å². The predicted octanol–water partition coefficient (Wildman–Crippen LogP) is 2.15. The van der Waals surface area contributed by atoms with Gasteiger partial charge in [0, 0.05) is 24.7 Å². The minimum absolute atomic E-state index is 0.00259. The molecule has 1 N–H and O–H groups in total. The highest BCUT2D eigenvalue weighted by Crippen LogP contribution is 2.39. The fraction of sp³-hybridized carbons (Fsp3) is 0.571. The number of nitrogens with one attached hydrogen (secondary N) is 1. The summed E-state index contributed by atoms with van der Waals surface area (Å²) < 4.78 is 24.3. The van der Waals surface area contributed by atoms with Crippen LogP contribution in [0, 0.1) is 15.5 Å². The van der Waals surface area contributed by atoms with Crippen LogP contribution in [0.1, 0.15) is 26.7 Å². The Balaban J connectivity index is 1.94. The minimum atomic E-state index is -3.40. The van der Waals surface area contributed by atoms with Crippen LogP contribution >= 0.6 is 0 Å². The second-order valence-electron chi connectivity index (χ2n) is 6.10.